The zero-order valence-corrected chi connectivity index (χ0v) is 11.8. The minimum Gasteiger partial charge on any atom is -0.318 e. The average Bonchev–Trinajstić information content (AvgIpc) is 2.37. The van der Waals surface area contributed by atoms with Crippen molar-refractivity contribution in [2.75, 3.05) is 6.54 Å². The summed E-state index contributed by atoms with van der Waals surface area (Å²) in [5.74, 6) is -2.71. The summed E-state index contributed by atoms with van der Waals surface area (Å²) >= 11 is 11.4. The number of halogens is 3. The number of rotatable bonds is 1. The molecule has 2 rings (SSSR count). The maximum absolute atomic E-state index is 13.4. The number of nitrogens with one attached hydrogen (secondary N) is 1. The zero-order chi connectivity index (χ0) is 15.0. The molecule has 0 spiro atoms. The van der Waals surface area contributed by atoms with Crippen LogP contribution in [0.4, 0.5) is 4.39 Å². The zero-order valence-electron chi connectivity index (χ0n) is 10.2. The summed E-state index contributed by atoms with van der Waals surface area (Å²) in [7, 11) is 0. The molecule has 1 aliphatic rings. The van der Waals surface area contributed by atoms with Crippen molar-refractivity contribution in [2.45, 2.75) is 13.0 Å². The second-order valence-corrected chi connectivity index (χ2v) is 5.08. The van der Waals surface area contributed by atoms with Crippen molar-refractivity contribution in [1.82, 2.24) is 10.2 Å². The Bertz CT molecular complexity index is 621. The van der Waals surface area contributed by atoms with Crippen molar-refractivity contribution in [3.8, 4) is 0 Å². The lowest BCUT2D eigenvalue weighted by Gasteiger charge is -2.31. The minimum atomic E-state index is -0.852. The third-order valence-electron chi connectivity index (χ3n) is 2.92. The highest BCUT2D eigenvalue weighted by atomic mass is 35.5. The van der Waals surface area contributed by atoms with Crippen LogP contribution in [0.25, 0.3) is 0 Å². The van der Waals surface area contributed by atoms with E-state index in [2.05, 4.69) is 5.32 Å². The van der Waals surface area contributed by atoms with Gasteiger partial charge < -0.3 is 4.90 Å². The highest BCUT2D eigenvalue weighted by Crippen LogP contribution is 2.26. The molecule has 1 unspecified atom stereocenters. The monoisotopic (exact) mass is 318 g/mol. The van der Waals surface area contributed by atoms with Gasteiger partial charge in [-0.2, -0.15) is 0 Å². The Hall–Kier alpha value is -1.66. The Morgan fingerprint density at radius 2 is 2.00 bits per heavy atom. The average molecular weight is 319 g/mol. The molecule has 1 aromatic rings. The van der Waals surface area contributed by atoms with Crippen LogP contribution in [-0.4, -0.2) is 35.2 Å². The van der Waals surface area contributed by atoms with Gasteiger partial charge in [-0.25, -0.2) is 4.39 Å². The van der Waals surface area contributed by atoms with Crippen LogP contribution in [0, 0.1) is 5.82 Å². The van der Waals surface area contributed by atoms with Crippen molar-refractivity contribution in [1.29, 1.82) is 0 Å². The molecule has 0 aliphatic carbocycles. The Kier molecular flexibility index (Phi) is 3.96. The molecule has 1 N–H and O–H groups in total. The second-order valence-electron chi connectivity index (χ2n) is 4.27. The molecule has 1 saturated heterocycles. The smallest absolute Gasteiger partial charge is 0.256 e. The second kappa shape index (κ2) is 5.38. The van der Waals surface area contributed by atoms with E-state index in [1.165, 1.54) is 6.92 Å². The maximum Gasteiger partial charge on any atom is 0.256 e. The Labute approximate surface area is 123 Å². The van der Waals surface area contributed by atoms with Crippen molar-refractivity contribution >= 4 is 40.9 Å². The molecule has 5 nitrogen and oxygen atoms in total. The maximum atomic E-state index is 13.4. The number of imide groups is 1. The molecule has 0 radical (unpaired) electrons. The summed E-state index contributed by atoms with van der Waals surface area (Å²) in [5.41, 5.74) is -0.150. The summed E-state index contributed by atoms with van der Waals surface area (Å²) in [5, 5.41) is 1.84. The summed E-state index contributed by atoms with van der Waals surface area (Å²) < 4.78 is 13.4. The third-order valence-corrected chi connectivity index (χ3v) is 3.53. The van der Waals surface area contributed by atoms with Crippen LogP contribution in [0.15, 0.2) is 12.1 Å². The highest BCUT2D eigenvalue weighted by molar-refractivity contribution is 6.36. The number of carbonyl (C=O) groups is 3. The van der Waals surface area contributed by atoms with Gasteiger partial charge in [0.25, 0.3) is 5.91 Å². The fraction of sp³-hybridized carbons (Fsp3) is 0.250. The minimum absolute atomic E-state index is 0.0490. The fourth-order valence-electron chi connectivity index (χ4n) is 1.80. The molecule has 1 aliphatic heterocycles. The standard InChI is InChI=1S/C12H9Cl2FN2O3/c1-5-11(19)16-10(18)4-17(5)12(20)6-2-9(15)8(14)3-7(6)13/h2-3,5H,4H2,1H3,(H,16,18,19). The summed E-state index contributed by atoms with van der Waals surface area (Å²) in [6.45, 7) is 1.16. The van der Waals surface area contributed by atoms with Crippen LogP contribution in [0.5, 0.6) is 0 Å². The van der Waals surface area contributed by atoms with Crippen LogP contribution in [0.1, 0.15) is 17.3 Å². The summed E-state index contributed by atoms with van der Waals surface area (Å²) in [4.78, 5) is 36.1. The molecule has 106 valence electrons. The van der Waals surface area contributed by atoms with E-state index in [0.29, 0.717) is 0 Å². The van der Waals surface area contributed by atoms with Crippen molar-refractivity contribution in [3.63, 3.8) is 0 Å². The predicted molar refractivity (Wildman–Crippen MR) is 70.1 cm³/mol. The quantitative estimate of drug-likeness (QED) is 0.632. The molecule has 1 atom stereocenters. The van der Waals surface area contributed by atoms with Crippen LogP contribution in [-0.2, 0) is 9.59 Å². The highest BCUT2D eigenvalue weighted by Gasteiger charge is 2.34. The number of piperazine rings is 1. The van der Waals surface area contributed by atoms with Crippen molar-refractivity contribution in [2.24, 2.45) is 0 Å². The van der Waals surface area contributed by atoms with E-state index in [4.69, 9.17) is 23.2 Å². The SMILES string of the molecule is CC1C(=O)NC(=O)CN1C(=O)c1cc(F)c(Cl)cc1Cl. The predicted octanol–water partition coefficient (Wildman–Crippen LogP) is 1.62. The van der Waals surface area contributed by atoms with Crippen LogP contribution < -0.4 is 5.32 Å². The van der Waals surface area contributed by atoms with Crippen LogP contribution >= 0.6 is 23.2 Å². The van der Waals surface area contributed by atoms with E-state index in [9.17, 15) is 18.8 Å². The topological polar surface area (TPSA) is 66.5 Å². The summed E-state index contributed by atoms with van der Waals surface area (Å²) in [6, 6.07) is 1.13. The van der Waals surface area contributed by atoms with Gasteiger partial charge in [-0.05, 0) is 19.1 Å². The lowest BCUT2D eigenvalue weighted by atomic mass is 10.1. The molecule has 1 heterocycles. The first-order valence-corrected chi connectivity index (χ1v) is 6.36. The number of nitrogens with zero attached hydrogens (tertiary/aromatic N) is 1. The van der Waals surface area contributed by atoms with E-state index in [-0.39, 0.29) is 22.2 Å². The van der Waals surface area contributed by atoms with E-state index < -0.39 is 29.6 Å². The molecule has 0 bridgehead atoms. The molecular weight excluding hydrogens is 310 g/mol. The normalized spacial score (nSPS) is 19.0. The van der Waals surface area contributed by atoms with Gasteiger partial charge in [-0.3, -0.25) is 19.7 Å². The lowest BCUT2D eigenvalue weighted by Crippen LogP contribution is -2.58. The van der Waals surface area contributed by atoms with E-state index in [0.717, 1.165) is 17.0 Å². The van der Waals surface area contributed by atoms with E-state index in [1.807, 2.05) is 0 Å². The third kappa shape index (κ3) is 2.62. The fourth-order valence-corrected chi connectivity index (χ4v) is 2.27. The van der Waals surface area contributed by atoms with Gasteiger partial charge in [-0.1, -0.05) is 23.2 Å². The van der Waals surface area contributed by atoms with Crippen LogP contribution in [0.2, 0.25) is 10.0 Å². The molecule has 1 aromatic carbocycles. The van der Waals surface area contributed by atoms with E-state index >= 15 is 0 Å². The van der Waals surface area contributed by atoms with Gasteiger partial charge in [0.2, 0.25) is 11.8 Å². The molecule has 8 heteroatoms. The van der Waals surface area contributed by atoms with Gasteiger partial charge >= 0.3 is 0 Å². The number of benzene rings is 1. The number of hydrogen-bond acceptors (Lipinski definition) is 3. The lowest BCUT2D eigenvalue weighted by molar-refractivity contribution is -0.138. The number of amides is 3. The molecule has 1 fully saturated rings. The Balaban J connectivity index is 2.38. The van der Waals surface area contributed by atoms with Gasteiger partial charge in [0.1, 0.15) is 18.4 Å². The molecule has 0 aromatic heterocycles. The summed E-state index contributed by atoms with van der Waals surface area (Å²) in [6.07, 6.45) is 0. The van der Waals surface area contributed by atoms with Crippen molar-refractivity contribution in [3.05, 3.63) is 33.6 Å². The van der Waals surface area contributed by atoms with Gasteiger partial charge in [0.15, 0.2) is 0 Å². The number of carbonyl (C=O) groups excluding carboxylic acids is 3. The Morgan fingerprint density at radius 3 is 2.65 bits per heavy atom. The van der Waals surface area contributed by atoms with E-state index in [1.54, 1.807) is 0 Å². The molecule has 0 saturated carbocycles. The molecular formula is C12H9Cl2FN2O3. The van der Waals surface area contributed by atoms with Gasteiger partial charge in [0, 0.05) is 0 Å². The van der Waals surface area contributed by atoms with Gasteiger partial charge in [0.05, 0.1) is 15.6 Å². The first kappa shape index (κ1) is 14.7. The first-order valence-electron chi connectivity index (χ1n) is 5.60. The number of hydrogen-bond donors (Lipinski definition) is 1. The molecule has 3 amide bonds. The van der Waals surface area contributed by atoms with Crippen molar-refractivity contribution < 1.29 is 18.8 Å². The van der Waals surface area contributed by atoms with Gasteiger partial charge in [-0.15, -0.1) is 0 Å². The van der Waals surface area contributed by atoms with Crippen LogP contribution in [0.3, 0.4) is 0 Å². The largest absolute Gasteiger partial charge is 0.318 e. The molecule has 20 heavy (non-hydrogen) atoms. The Morgan fingerprint density at radius 1 is 1.35 bits per heavy atom. The first-order chi connectivity index (χ1) is 9.31.